The van der Waals surface area contributed by atoms with Crippen molar-refractivity contribution in [3.63, 3.8) is 0 Å². The van der Waals surface area contributed by atoms with E-state index < -0.39 is 0 Å². The molecule has 0 aliphatic rings. The Hall–Kier alpha value is -1.62. The molecule has 0 radical (unpaired) electrons. The Morgan fingerprint density at radius 1 is 1.00 bits per heavy atom. The molecule has 2 aromatic heterocycles. The van der Waals surface area contributed by atoms with Crippen molar-refractivity contribution in [1.29, 1.82) is 0 Å². The van der Waals surface area contributed by atoms with Crippen LogP contribution in [0.4, 0.5) is 0 Å². The molecule has 0 fully saturated rings. The normalized spacial score (nSPS) is 13.1. The highest BCUT2D eigenvalue weighted by Gasteiger charge is 2.17. The van der Waals surface area contributed by atoms with Gasteiger partial charge in [0.15, 0.2) is 0 Å². The van der Waals surface area contributed by atoms with Crippen LogP contribution in [0.15, 0.2) is 12.1 Å². The van der Waals surface area contributed by atoms with Gasteiger partial charge in [0.1, 0.15) is 0 Å². The second kappa shape index (κ2) is 6.43. The van der Waals surface area contributed by atoms with Crippen LogP contribution in [-0.4, -0.2) is 30.8 Å². The number of aromatic nitrogens is 4. The number of aliphatic hydroxyl groups excluding tert-OH is 1. The van der Waals surface area contributed by atoms with Gasteiger partial charge >= 0.3 is 0 Å². The lowest BCUT2D eigenvalue weighted by atomic mass is 9.92. The summed E-state index contributed by atoms with van der Waals surface area (Å²) in [4.78, 5) is 0. The molecule has 0 aliphatic carbocycles. The zero-order chi connectivity index (χ0) is 15.6. The molecule has 0 amide bonds. The zero-order valence-corrected chi connectivity index (χ0v) is 13.7. The lowest BCUT2D eigenvalue weighted by Crippen LogP contribution is -2.16. The summed E-state index contributed by atoms with van der Waals surface area (Å²) in [5.41, 5.74) is 4.51. The standard InChI is InChI=1S/C16H26N4O/c1-11-6-15(17-19(11)4)9-14(8-13(3)21)10-16-7-12(2)20(5)18-16/h6-7,13-14,21H,8-10H2,1-5H3. The number of hydrogen-bond acceptors (Lipinski definition) is 3. The smallest absolute Gasteiger partial charge is 0.0630 e. The first-order valence-corrected chi connectivity index (χ1v) is 7.52. The first-order chi connectivity index (χ1) is 9.85. The predicted molar refractivity (Wildman–Crippen MR) is 83.1 cm³/mol. The number of nitrogens with zero attached hydrogens (tertiary/aromatic N) is 4. The summed E-state index contributed by atoms with van der Waals surface area (Å²) in [6.07, 6.45) is 2.22. The molecule has 0 spiro atoms. The van der Waals surface area contributed by atoms with Gasteiger partial charge in [-0.1, -0.05) is 0 Å². The summed E-state index contributed by atoms with van der Waals surface area (Å²) in [6.45, 7) is 5.96. The van der Waals surface area contributed by atoms with Crippen molar-refractivity contribution < 1.29 is 5.11 Å². The van der Waals surface area contributed by atoms with E-state index in [0.29, 0.717) is 5.92 Å². The van der Waals surface area contributed by atoms with Crippen LogP contribution in [0.3, 0.4) is 0 Å². The summed E-state index contributed by atoms with van der Waals surface area (Å²) >= 11 is 0. The summed E-state index contributed by atoms with van der Waals surface area (Å²) in [7, 11) is 3.93. The van der Waals surface area contributed by atoms with E-state index in [2.05, 4.69) is 36.2 Å². The van der Waals surface area contributed by atoms with Crippen LogP contribution in [0.2, 0.25) is 0 Å². The molecule has 5 heteroatoms. The maximum atomic E-state index is 9.75. The highest BCUT2D eigenvalue weighted by molar-refractivity contribution is 5.12. The fourth-order valence-electron chi connectivity index (χ4n) is 2.78. The van der Waals surface area contributed by atoms with E-state index in [-0.39, 0.29) is 6.10 Å². The minimum Gasteiger partial charge on any atom is -0.393 e. The Balaban J connectivity index is 2.10. The molecule has 0 bridgehead atoms. The fourth-order valence-corrected chi connectivity index (χ4v) is 2.78. The van der Waals surface area contributed by atoms with Gasteiger partial charge in [-0.05, 0) is 58.1 Å². The fraction of sp³-hybridized carbons (Fsp3) is 0.625. The third-order valence-corrected chi connectivity index (χ3v) is 4.00. The molecular weight excluding hydrogens is 264 g/mol. The van der Waals surface area contributed by atoms with Crippen LogP contribution in [0, 0.1) is 19.8 Å². The van der Waals surface area contributed by atoms with Crippen molar-refractivity contribution in [1.82, 2.24) is 19.6 Å². The molecular formula is C16H26N4O. The topological polar surface area (TPSA) is 55.9 Å². The Bertz CT molecular complexity index is 510. The van der Waals surface area contributed by atoms with Gasteiger partial charge in [0.25, 0.3) is 0 Å². The zero-order valence-electron chi connectivity index (χ0n) is 13.7. The third kappa shape index (κ3) is 4.17. The molecule has 5 nitrogen and oxygen atoms in total. The Morgan fingerprint density at radius 3 is 1.71 bits per heavy atom. The average molecular weight is 290 g/mol. The van der Waals surface area contributed by atoms with Crippen molar-refractivity contribution in [3.8, 4) is 0 Å². The van der Waals surface area contributed by atoms with Crippen molar-refractivity contribution in [2.75, 3.05) is 0 Å². The van der Waals surface area contributed by atoms with Gasteiger partial charge < -0.3 is 5.11 Å². The van der Waals surface area contributed by atoms with E-state index in [1.807, 2.05) is 30.4 Å². The van der Waals surface area contributed by atoms with Crippen LogP contribution in [0.1, 0.15) is 36.1 Å². The molecule has 21 heavy (non-hydrogen) atoms. The van der Waals surface area contributed by atoms with Crippen LogP contribution >= 0.6 is 0 Å². The van der Waals surface area contributed by atoms with Gasteiger partial charge in [-0.2, -0.15) is 10.2 Å². The molecule has 0 aliphatic heterocycles. The molecule has 1 unspecified atom stereocenters. The van der Waals surface area contributed by atoms with Gasteiger partial charge in [-0.15, -0.1) is 0 Å². The minimum atomic E-state index is -0.301. The largest absolute Gasteiger partial charge is 0.393 e. The first-order valence-electron chi connectivity index (χ1n) is 7.52. The van der Waals surface area contributed by atoms with Gasteiger partial charge in [-0.3, -0.25) is 9.36 Å². The lowest BCUT2D eigenvalue weighted by Gasteiger charge is -2.16. The second-order valence-corrected chi connectivity index (χ2v) is 6.16. The summed E-state index contributed by atoms with van der Waals surface area (Å²) < 4.78 is 3.80. The minimum absolute atomic E-state index is 0.301. The molecule has 2 rings (SSSR count). The van der Waals surface area contributed by atoms with E-state index >= 15 is 0 Å². The summed E-state index contributed by atoms with van der Waals surface area (Å²) in [5.74, 6) is 0.355. The quantitative estimate of drug-likeness (QED) is 0.884. The number of rotatable bonds is 6. The van der Waals surface area contributed by atoms with Gasteiger partial charge in [0, 0.05) is 25.5 Å². The Kier molecular flexibility index (Phi) is 4.83. The second-order valence-electron chi connectivity index (χ2n) is 6.16. The number of hydrogen-bond donors (Lipinski definition) is 1. The highest BCUT2D eigenvalue weighted by atomic mass is 16.3. The molecule has 2 heterocycles. The van der Waals surface area contributed by atoms with Crippen molar-refractivity contribution in [3.05, 3.63) is 34.9 Å². The molecule has 2 aromatic rings. The average Bonchev–Trinajstić information content (AvgIpc) is 2.82. The molecule has 1 N–H and O–H groups in total. The first kappa shape index (κ1) is 15.8. The lowest BCUT2D eigenvalue weighted by molar-refractivity contribution is 0.159. The van der Waals surface area contributed by atoms with Crippen molar-refractivity contribution in [2.45, 2.75) is 46.1 Å². The van der Waals surface area contributed by atoms with Gasteiger partial charge in [0.05, 0.1) is 17.5 Å². The van der Waals surface area contributed by atoms with Gasteiger partial charge in [-0.25, -0.2) is 0 Å². The molecule has 0 saturated carbocycles. The molecule has 116 valence electrons. The molecule has 1 atom stereocenters. The predicted octanol–water partition coefficient (Wildman–Crippen LogP) is 1.94. The Labute approximate surface area is 126 Å². The van der Waals surface area contributed by atoms with Gasteiger partial charge in [0.2, 0.25) is 0 Å². The van der Waals surface area contributed by atoms with E-state index in [9.17, 15) is 5.11 Å². The maximum Gasteiger partial charge on any atom is 0.0630 e. The molecule has 0 saturated heterocycles. The SMILES string of the molecule is Cc1cc(CC(Cc2cc(C)n(C)n2)CC(C)O)nn1C. The van der Waals surface area contributed by atoms with Crippen LogP contribution in [0.5, 0.6) is 0 Å². The maximum absolute atomic E-state index is 9.75. The van der Waals surface area contributed by atoms with E-state index in [1.54, 1.807) is 0 Å². The van der Waals surface area contributed by atoms with Crippen LogP contribution in [-0.2, 0) is 26.9 Å². The van der Waals surface area contributed by atoms with Crippen LogP contribution < -0.4 is 0 Å². The third-order valence-electron chi connectivity index (χ3n) is 4.00. The van der Waals surface area contributed by atoms with E-state index in [4.69, 9.17) is 0 Å². The van der Waals surface area contributed by atoms with E-state index in [1.165, 1.54) is 0 Å². The van der Waals surface area contributed by atoms with Crippen molar-refractivity contribution >= 4 is 0 Å². The molecule has 0 aromatic carbocycles. The highest BCUT2D eigenvalue weighted by Crippen LogP contribution is 2.19. The number of aryl methyl sites for hydroxylation is 4. The van der Waals surface area contributed by atoms with E-state index in [0.717, 1.165) is 42.0 Å². The Morgan fingerprint density at radius 2 is 1.43 bits per heavy atom. The van der Waals surface area contributed by atoms with Crippen molar-refractivity contribution in [2.24, 2.45) is 20.0 Å². The van der Waals surface area contributed by atoms with Crippen LogP contribution in [0.25, 0.3) is 0 Å². The number of aliphatic hydroxyl groups is 1. The summed E-state index contributed by atoms with van der Waals surface area (Å²) in [5, 5.41) is 18.8. The summed E-state index contributed by atoms with van der Waals surface area (Å²) in [6, 6.07) is 4.25. The monoisotopic (exact) mass is 290 g/mol.